The fraction of sp³-hybridized carbons (Fsp3) is 0.176. The van der Waals surface area contributed by atoms with Gasteiger partial charge in [0.1, 0.15) is 6.04 Å². The van der Waals surface area contributed by atoms with E-state index < -0.39 is 45.3 Å². The van der Waals surface area contributed by atoms with Crippen LogP contribution in [0.3, 0.4) is 0 Å². The number of benzene rings is 3. The lowest BCUT2D eigenvalue weighted by Crippen LogP contribution is -2.41. The number of fused-ring (bicyclic) bond motifs is 1. The third-order valence-corrected chi connectivity index (χ3v) is 9.60. The van der Waals surface area contributed by atoms with Crippen molar-refractivity contribution in [1.82, 2.24) is 9.55 Å². The van der Waals surface area contributed by atoms with E-state index in [4.69, 9.17) is 20.5 Å². The van der Waals surface area contributed by atoms with Gasteiger partial charge in [-0.1, -0.05) is 36.4 Å². The number of hydrazine groups is 1. The molecular weight excluding hydrogens is 679 g/mol. The average Bonchev–Trinajstić information content (AvgIpc) is 3.58. The van der Waals surface area contributed by atoms with Crippen LogP contribution in [-0.2, 0) is 19.4 Å². The van der Waals surface area contributed by atoms with E-state index in [1.54, 1.807) is 44.6 Å². The lowest BCUT2D eigenvalue weighted by Gasteiger charge is -2.29. The Labute approximate surface area is 284 Å². The summed E-state index contributed by atoms with van der Waals surface area (Å²) in [6.07, 6.45) is -0.798. The largest absolute Gasteiger partial charge is 0.490 e. The number of rotatable bonds is 8. The highest BCUT2D eigenvalue weighted by Crippen LogP contribution is 2.35. The molecule has 0 bridgehead atoms. The third-order valence-electron chi connectivity index (χ3n) is 7.39. The van der Waals surface area contributed by atoms with Gasteiger partial charge >= 0.3 is 18.2 Å². The van der Waals surface area contributed by atoms with Gasteiger partial charge in [0.05, 0.1) is 28.6 Å². The Morgan fingerprint density at radius 3 is 2.26 bits per heavy atom. The normalized spacial score (nSPS) is 12.1. The molecular formula is C34H32F3N5O7S. The summed E-state index contributed by atoms with van der Waals surface area (Å²) in [7, 11) is -2.56. The van der Waals surface area contributed by atoms with Gasteiger partial charge in [-0.3, -0.25) is 24.7 Å². The highest BCUT2D eigenvalue weighted by molar-refractivity contribution is 7.92. The molecule has 1 atom stereocenters. The van der Waals surface area contributed by atoms with Gasteiger partial charge < -0.3 is 9.84 Å². The first-order valence-electron chi connectivity index (χ1n) is 14.7. The molecule has 0 aliphatic carbocycles. The Morgan fingerprint density at radius 2 is 1.64 bits per heavy atom. The van der Waals surface area contributed by atoms with Gasteiger partial charge in [-0.2, -0.15) is 13.2 Å². The number of halogens is 3. The van der Waals surface area contributed by atoms with Gasteiger partial charge in [-0.05, 0) is 73.3 Å². The SMILES string of the molecule is COC(=O)Nc1ccc(S(=O)(=O)C(C)C)c(-c2cccn2C(=O)[C@H](c2ccccc2)N(N)c2ccc3cnccc3c2)c1.O=C(O)C(F)(F)F. The molecule has 5 rings (SSSR count). The molecule has 4 N–H and O–H groups in total. The molecule has 0 aliphatic heterocycles. The summed E-state index contributed by atoms with van der Waals surface area (Å²) in [5.41, 5.74) is 2.10. The van der Waals surface area contributed by atoms with Crippen molar-refractivity contribution >= 4 is 50.0 Å². The summed E-state index contributed by atoms with van der Waals surface area (Å²) in [5, 5.41) is 12.2. The second-order valence-corrected chi connectivity index (χ2v) is 13.4. The lowest BCUT2D eigenvalue weighted by atomic mass is 10.0. The number of carboxylic acid groups (broad SMARTS) is 1. The predicted molar refractivity (Wildman–Crippen MR) is 180 cm³/mol. The predicted octanol–water partition coefficient (Wildman–Crippen LogP) is 6.46. The van der Waals surface area contributed by atoms with Gasteiger partial charge in [0.2, 0.25) is 0 Å². The zero-order chi connectivity index (χ0) is 36.8. The molecule has 0 saturated heterocycles. The Kier molecular flexibility index (Phi) is 11.3. The Balaban J connectivity index is 0.000000727. The van der Waals surface area contributed by atoms with Gasteiger partial charge in [0.25, 0.3) is 5.91 Å². The number of aromatic nitrogens is 2. The van der Waals surface area contributed by atoms with E-state index in [2.05, 4.69) is 10.3 Å². The van der Waals surface area contributed by atoms with Crippen molar-refractivity contribution in [3.63, 3.8) is 0 Å². The maximum atomic E-state index is 14.5. The number of alkyl halides is 3. The summed E-state index contributed by atoms with van der Waals surface area (Å²) >= 11 is 0. The van der Waals surface area contributed by atoms with Crippen LogP contribution in [0.25, 0.3) is 22.0 Å². The van der Waals surface area contributed by atoms with E-state index in [0.29, 0.717) is 22.6 Å². The molecule has 50 heavy (non-hydrogen) atoms. The van der Waals surface area contributed by atoms with E-state index >= 15 is 0 Å². The van der Waals surface area contributed by atoms with Crippen LogP contribution in [0.15, 0.2) is 108 Å². The second kappa shape index (κ2) is 15.2. The molecule has 1 amide bonds. The molecule has 3 aromatic carbocycles. The zero-order valence-corrected chi connectivity index (χ0v) is 27.6. The summed E-state index contributed by atoms with van der Waals surface area (Å²) in [4.78, 5) is 39.5. The van der Waals surface area contributed by atoms with Crippen LogP contribution in [0.2, 0.25) is 0 Å². The molecule has 0 unspecified atom stereocenters. The fourth-order valence-electron chi connectivity index (χ4n) is 4.84. The van der Waals surface area contributed by atoms with Gasteiger partial charge in [-0.25, -0.2) is 23.8 Å². The van der Waals surface area contributed by atoms with E-state index in [1.807, 2.05) is 54.6 Å². The molecule has 2 heterocycles. The van der Waals surface area contributed by atoms with Crippen molar-refractivity contribution in [2.75, 3.05) is 17.4 Å². The summed E-state index contributed by atoms with van der Waals surface area (Å²) in [6, 6.07) is 23.3. The number of hydrogen-bond acceptors (Lipinski definition) is 9. The van der Waals surface area contributed by atoms with Crippen molar-refractivity contribution < 1.29 is 45.8 Å². The number of amides is 1. The quantitative estimate of drug-likeness (QED) is 0.120. The van der Waals surface area contributed by atoms with Crippen LogP contribution < -0.4 is 16.2 Å². The molecule has 0 spiro atoms. The topological polar surface area (TPSA) is 174 Å². The molecule has 0 aliphatic rings. The summed E-state index contributed by atoms with van der Waals surface area (Å²) in [5.74, 6) is 3.55. The number of nitrogens with one attached hydrogen (secondary N) is 1. The average molecular weight is 712 g/mol. The van der Waals surface area contributed by atoms with E-state index in [1.165, 1.54) is 34.9 Å². The summed E-state index contributed by atoms with van der Waals surface area (Å²) in [6.45, 7) is 3.17. The molecule has 2 aromatic heterocycles. The fourth-order valence-corrected chi connectivity index (χ4v) is 6.08. The first kappa shape index (κ1) is 37.1. The van der Waals surface area contributed by atoms with E-state index in [9.17, 15) is 31.2 Å². The highest BCUT2D eigenvalue weighted by Gasteiger charge is 2.38. The zero-order valence-electron chi connectivity index (χ0n) is 26.8. The third kappa shape index (κ3) is 8.27. The Morgan fingerprint density at radius 1 is 0.960 bits per heavy atom. The van der Waals surface area contributed by atoms with Crippen molar-refractivity contribution in [1.29, 1.82) is 0 Å². The minimum atomic E-state index is -5.08. The minimum Gasteiger partial charge on any atom is -0.475 e. The molecule has 5 aromatic rings. The number of carbonyl (C=O) groups excluding carboxylic acids is 2. The first-order valence-corrected chi connectivity index (χ1v) is 16.3. The smallest absolute Gasteiger partial charge is 0.475 e. The van der Waals surface area contributed by atoms with Crippen LogP contribution in [0.5, 0.6) is 0 Å². The minimum absolute atomic E-state index is 0.0228. The van der Waals surface area contributed by atoms with Crippen molar-refractivity contribution in [3.8, 4) is 11.3 Å². The van der Waals surface area contributed by atoms with Crippen LogP contribution >= 0.6 is 0 Å². The Hall–Kier alpha value is -5.74. The lowest BCUT2D eigenvalue weighted by molar-refractivity contribution is -0.192. The number of aliphatic carboxylic acids is 1. The summed E-state index contributed by atoms with van der Waals surface area (Å²) < 4.78 is 64.7. The number of hydrogen-bond donors (Lipinski definition) is 3. The van der Waals surface area contributed by atoms with Gasteiger partial charge in [0.15, 0.2) is 9.84 Å². The van der Waals surface area contributed by atoms with Crippen LogP contribution in [0.4, 0.5) is 29.3 Å². The molecule has 12 nitrogen and oxygen atoms in total. The monoisotopic (exact) mass is 711 g/mol. The van der Waals surface area contributed by atoms with Crippen LogP contribution in [0, 0.1) is 0 Å². The number of sulfone groups is 1. The van der Waals surface area contributed by atoms with Crippen LogP contribution in [-0.4, -0.2) is 59.6 Å². The Bertz CT molecular complexity index is 2120. The number of nitrogens with two attached hydrogens (primary N) is 1. The number of ether oxygens (including phenoxy) is 1. The number of pyridine rings is 1. The second-order valence-electron chi connectivity index (χ2n) is 11.0. The molecule has 0 radical (unpaired) electrons. The van der Waals surface area contributed by atoms with Gasteiger partial charge in [0, 0.05) is 35.2 Å². The van der Waals surface area contributed by atoms with E-state index in [-0.39, 0.29) is 10.5 Å². The number of nitrogens with zero attached hydrogens (tertiary/aromatic N) is 3. The maximum absolute atomic E-state index is 14.5. The molecule has 0 fully saturated rings. The van der Waals surface area contributed by atoms with Gasteiger partial charge in [-0.15, -0.1) is 0 Å². The first-order chi connectivity index (χ1) is 23.6. The maximum Gasteiger partial charge on any atom is 0.490 e. The number of carboxylic acids is 1. The van der Waals surface area contributed by atoms with Crippen molar-refractivity contribution in [2.45, 2.75) is 36.2 Å². The molecule has 262 valence electrons. The van der Waals surface area contributed by atoms with E-state index in [0.717, 1.165) is 10.8 Å². The number of carbonyl (C=O) groups is 3. The number of methoxy groups -OCH3 is 1. The van der Waals surface area contributed by atoms with Crippen LogP contribution in [0.1, 0.15) is 30.2 Å². The highest BCUT2D eigenvalue weighted by atomic mass is 32.2. The van der Waals surface area contributed by atoms with Crippen molar-refractivity contribution in [3.05, 3.63) is 109 Å². The molecule has 0 saturated carbocycles. The number of anilines is 2. The standard InChI is InChI=1S/C32H31N5O5S.C2HF3O2/c1-21(2)43(40,41)29-14-12-25(35-32(39)42-3)19-27(29)28-10-7-17-36(28)31(38)30(22-8-5-4-6-9-22)37(33)26-13-11-24-20-34-16-15-23(24)18-26;3-2(4,5)1(6)7/h4-21,30H,33H2,1-3H3,(H,35,39);(H,6,7)/t30-;/m0./s1. The molecule has 16 heteroatoms. The van der Waals surface area contributed by atoms with Crippen molar-refractivity contribution in [2.24, 2.45) is 5.84 Å².